The van der Waals surface area contributed by atoms with Crippen molar-refractivity contribution in [3.63, 3.8) is 0 Å². The van der Waals surface area contributed by atoms with E-state index < -0.39 is 24.1 Å². The van der Waals surface area contributed by atoms with Gasteiger partial charge in [-0.3, -0.25) is 9.68 Å². The van der Waals surface area contributed by atoms with Crippen molar-refractivity contribution >= 4 is 17.8 Å². The molecule has 1 aliphatic rings. The lowest BCUT2D eigenvalue weighted by Gasteiger charge is -2.22. The fraction of sp³-hybridized carbons (Fsp3) is 0.318. The van der Waals surface area contributed by atoms with E-state index in [-0.39, 0.29) is 24.4 Å². The van der Waals surface area contributed by atoms with E-state index in [4.69, 9.17) is 9.47 Å². The van der Waals surface area contributed by atoms with Crippen LogP contribution in [0.25, 0.3) is 0 Å². The summed E-state index contributed by atoms with van der Waals surface area (Å²) in [5.74, 6) is -1.22. The van der Waals surface area contributed by atoms with Crippen LogP contribution in [-0.4, -0.2) is 55.7 Å². The molecule has 0 N–H and O–H groups in total. The predicted octanol–water partition coefficient (Wildman–Crippen LogP) is 2.55. The minimum atomic E-state index is -0.880. The van der Waals surface area contributed by atoms with Gasteiger partial charge < -0.3 is 14.4 Å². The van der Waals surface area contributed by atoms with Crippen LogP contribution < -0.4 is 4.74 Å². The summed E-state index contributed by atoms with van der Waals surface area (Å²) in [5, 5.41) is 0. The third-order valence-corrected chi connectivity index (χ3v) is 4.82. The molecule has 0 aromatic heterocycles. The Labute approximate surface area is 174 Å². The molecule has 158 valence electrons. The number of ether oxygens (including phenoxy) is 2. The third-order valence-electron chi connectivity index (χ3n) is 4.82. The summed E-state index contributed by atoms with van der Waals surface area (Å²) >= 11 is 0. The second kappa shape index (κ2) is 9.41. The standard InChI is InChI=1S/C22H23NO7/c1-14-9-10-19(17(11-14)21(25)27-2)29-16-12-18(22(26)30-28-3)23(13-16)20(24)15-7-5-4-6-8-15/h4-11,16,18H,12-13H2,1-3H3/t16-,18-/m0/s1. The van der Waals surface area contributed by atoms with Gasteiger partial charge >= 0.3 is 11.9 Å². The Morgan fingerprint density at radius 2 is 1.77 bits per heavy atom. The van der Waals surface area contributed by atoms with E-state index in [1.165, 1.54) is 19.1 Å². The molecule has 0 bridgehead atoms. The molecule has 1 amide bonds. The Balaban J connectivity index is 1.85. The number of carbonyl (C=O) groups is 3. The van der Waals surface area contributed by atoms with Gasteiger partial charge in [0.25, 0.3) is 5.91 Å². The van der Waals surface area contributed by atoms with Gasteiger partial charge in [0, 0.05) is 12.0 Å². The first-order valence-corrected chi connectivity index (χ1v) is 9.40. The molecule has 0 aliphatic carbocycles. The number of likely N-dealkylation sites (tertiary alicyclic amines) is 1. The SMILES string of the molecule is COOC(=O)[C@@H]1C[C@H](Oc2ccc(C)cc2C(=O)OC)CN1C(=O)c1ccccc1. The zero-order chi connectivity index (χ0) is 21.7. The largest absolute Gasteiger partial charge is 0.488 e. The molecule has 0 radical (unpaired) electrons. The van der Waals surface area contributed by atoms with Gasteiger partial charge in [-0.25, -0.2) is 9.59 Å². The van der Waals surface area contributed by atoms with E-state index in [0.717, 1.165) is 5.56 Å². The molecular formula is C22H23NO7. The number of benzene rings is 2. The maximum atomic E-state index is 13.0. The van der Waals surface area contributed by atoms with Gasteiger partial charge in [-0.1, -0.05) is 29.8 Å². The topological polar surface area (TPSA) is 91.4 Å². The van der Waals surface area contributed by atoms with Crippen LogP contribution in [0.1, 0.15) is 32.7 Å². The maximum absolute atomic E-state index is 13.0. The molecule has 2 aromatic carbocycles. The summed E-state index contributed by atoms with van der Waals surface area (Å²) in [7, 11) is 2.51. The second-order valence-corrected chi connectivity index (χ2v) is 6.88. The first-order chi connectivity index (χ1) is 14.4. The highest BCUT2D eigenvalue weighted by Crippen LogP contribution is 2.28. The highest BCUT2D eigenvalue weighted by Gasteiger charge is 2.42. The molecule has 30 heavy (non-hydrogen) atoms. The van der Waals surface area contributed by atoms with Gasteiger partial charge in [-0.2, -0.15) is 4.89 Å². The smallest absolute Gasteiger partial charge is 0.364 e. The third kappa shape index (κ3) is 4.60. The number of esters is 1. The summed E-state index contributed by atoms with van der Waals surface area (Å²) < 4.78 is 10.8. The molecule has 1 fully saturated rings. The second-order valence-electron chi connectivity index (χ2n) is 6.88. The van der Waals surface area contributed by atoms with Crippen LogP contribution in [0.15, 0.2) is 48.5 Å². The quantitative estimate of drug-likeness (QED) is 0.408. The van der Waals surface area contributed by atoms with Gasteiger partial charge in [0.05, 0.1) is 20.8 Å². The molecule has 8 nitrogen and oxygen atoms in total. The van der Waals surface area contributed by atoms with Crippen LogP contribution >= 0.6 is 0 Å². The van der Waals surface area contributed by atoms with Crippen LogP contribution in [0.4, 0.5) is 0 Å². The van der Waals surface area contributed by atoms with E-state index in [1.54, 1.807) is 48.5 Å². The number of nitrogens with zero attached hydrogens (tertiary/aromatic N) is 1. The Bertz CT molecular complexity index is 928. The lowest BCUT2D eigenvalue weighted by Crippen LogP contribution is -2.41. The van der Waals surface area contributed by atoms with Crippen molar-refractivity contribution in [2.24, 2.45) is 0 Å². The maximum Gasteiger partial charge on any atom is 0.364 e. The number of carbonyl (C=O) groups excluding carboxylic acids is 3. The van der Waals surface area contributed by atoms with Crippen molar-refractivity contribution in [3.05, 3.63) is 65.2 Å². The van der Waals surface area contributed by atoms with Crippen LogP contribution in [0.2, 0.25) is 0 Å². The van der Waals surface area contributed by atoms with Gasteiger partial charge in [0.1, 0.15) is 23.5 Å². The Morgan fingerprint density at radius 1 is 1.03 bits per heavy atom. The van der Waals surface area contributed by atoms with E-state index in [2.05, 4.69) is 9.78 Å². The van der Waals surface area contributed by atoms with Crippen LogP contribution in [0.3, 0.4) is 0 Å². The molecule has 0 spiro atoms. The van der Waals surface area contributed by atoms with Crippen molar-refractivity contribution in [2.75, 3.05) is 20.8 Å². The number of aryl methyl sites for hydroxylation is 1. The zero-order valence-electron chi connectivity index (χ0n) is 17.0. The number of amides is 1. The van der Waals surface area contributed by atoms with Gasteiger partial charge in [0.2, 0.25) is 0 Å². The average molecular weight is 413 g/mol. The minimum Gasteiger partial charge on any atom is -0.488 e. The molecule has 0 saturated carbocycles. The van der Waals surface area contributed by atoms with Gasteiger partial charge in [-0.15, -0.1) is 0 Å². The number of hydrogen-bond donors (Lipinski definition) is 0. The molecule has 0 unspecified atom stereocenters. The number of rotatable bonds is 6. The number of hydrogen-bond acceptors (Lipinski definition) is 7. The summed E-state index contributed by atoms with van der Waals surface area (Å²) in [4.78, 5) is 48.0. The van der Waals surface area contributed by atoms with Crippen molar-refractivity contribution in [3.8, 4) is 5.75 Å². The molecular weight excluding hydrogens is 390 g/mol. The summed E-state index contributed by atoms with van der Waals surface area (Å²) in [6.45, 7) is 1.99. The van der Waals surface area contributed by atoms with Gasteiger partial charge in [-0.05, 0) is 31.2 Å². The molecule has 2 atom stereocenters. The highest BCUT2D eigenvalue weighted by molar-refractivity contribution is 5.97. The Kier molecular flexibility index (Phi) is 6.68. The highest BCUT2D eigenvalue weighted by atomic mass is 17.2. The first kappa shape index (κ1) is 21.3. The van der Waals surface area contributed by atoms with Crippen LogP contribution in [0.5, 0.6) is 5.75 Å². The fourth-order valence-electron chi connectivity index (χ4n) is 3.41. The molecule has 2 aromatic rings. The molecule has 8 heteroatoms. The molecule has 1 aliphatic heterocycles. The van der Waals surface area contributed by atoms with E-state index in [0.29, 0.717) is 11.3 Å². The molecule has 3 rings (SSSR count). The lowest BCUT2D eigenvalue weighted by molar-refractivity contribution is -0.258. The van der Waals surface area contributed by atoms with Gasteiger partial charge in [0.15, 0.2) is 0 Å². The van der Waals surface area contributed by atoms with Crippen molar-refractivity contribution < 1.29 is 33.6 Å². The van der Waals surface area contributed by atoms with Crippen molar-refractivity contribution in [1.82, 2.24) is 4.90 Å². The van der Waals surface area contributed by atoms with Crippen molar-refractivity contribution in [1.29, 1.82) is 0 Å². The van der Waals surface area contributed by atoms with E-state index in [9.17, 15) is 14.4 Å². The monoisotopic (exact) mass is 413 g/mol. The van der Waals surface area contributed by atoms with Crippen LogP contribution in [-0.2, 0) is 19.3 Å². The predicted molar refractivity (Wildman–Crippen MR) is 106 cm³/mol. The van der Waals surface area contributed by atoms with Crippen LogP contribution in [0, 0.1) is 6.92 Å². The Morgan fingerprint density at radius 3 is 2.43 bits per heavy atom. The fourth-order valence-corrected chi connectivity index (χ4v) is 3.41. The summed E-state index contributed by atoms with van der Waals surface area (Å²) in [5.41, 5.74) is 1.59. The minimum absolute atomic E-state index is 0.145. The number of methoxy groups -OCH3 is 1. The molecule has 1 saturated heterocycles. The zero-order valence-corrected chi connectivity index (χ0v) is 17.0. The molecule has 1 heterocycles. The van der Waals surface area contributed by atoms with Crippen molar-refractivity contribution in [2.45, 2.75) is 25.5 Å². The average Bonchev–Trinajstić information content (AvgIpc) is 3.18. The lowest BCUT2D eigenvalue weighted by atomic mass is 10.1. The summed E-state index contributed by atoms with van der Waals surface area (Å²) in [6.07, 6.45) is -0.340. The Hall–Kier alpha value is -3.39. The van der Waals surface area contributed by atoms with E-state index in [1.807, 2.05) is 6.92 Å². The normalized spacial score (nSPS) is 18.0. The van der Waals surface area contributed by atoms with E-state index >= 15 is 0 Å². The first-order valence-electron chi connectivity index (χ1n) is 9.40. The summed E-state index contributed by atoms with van der Waals surface area (Å²) in [6, 6.07) is 12.9.